The van der Waals surface area contributed by atoms with Crippen molar-refractivity contribution in [1.82, 2.24) is 15.0 Å². The maximum Gasteiger partial charge on any atom is 0.573 e. The average Bonchev–Trinajstić information content (AvgIpc) is 3.22. The maximum absolute atomic E-state index is 12.8. The Bertz CT molecular complexity index is 886. The second-order valence-electron chi connectivity index (χ2n) is 5.88. The summed E-state index contributed by atoms with van der Waals surface area (Å²) in [5, 5.41) is 0. The van der Waals surface area contributed by atoms with Crippen LogP contribution in [0.4, 0.5) is 18.9 Å². The van der Waals surface area contributed by atoms with Gasteiger partial charge in [0.25, 0.3) is 0 Å². The smallest absolute Gasteiger partial charge is 0.403 e. The number of H-pyrrole nitrogens is 1. The van der Waals surface area contributed by atoms with Crippen LogP contribution in [0, 0.1) is 0 Å². The summed E-state index contributed by atoms with van der Waals surface area (Å²) in [5.74, 6) is 0.285. The molecule has 0 amide bonds. The number of hydrogen-bond acceptors (Lipinski definition) is 4. The number of halogens is 3. The molecule has 0 spiro atoms. The normalized spacial score (nSPS) is 15.1. The molecule has 25 heavy (non-hydrogen) atoms. The van der Waals surface area contributed by atoms with Crippen LogP contribution in [0.5, 0.6) is 5.75 Å². The summed E-state index contributed by atoms with van der Waals surface area (Å²) in [6.45, 7) is 1.42. The lowest BCUT2D eigenvalue weighted by molar-refractivity contribution is -0.274. The van der Waals surface area contributed by atoms with Gasteiger partial charge in [0.2, 0.25) is 0 Å². The van der Waals surface area contributed by atoms with E-state index in [-0.39, 0.29) is 5.75 Å². The van der Waals surface area contributed by atoms with Crippen LogP contribution in [0.15, 0.2) is 36.5 Å². The van der Waals surface area contributed by atoms with Gasteiger partial charge >= 0.3 is 6.36 Å². The van der Waals surface area contributed by atoms with Gasteiger partial charge in [-0.3, -0.25) is 4.98 Å². The summed E-state index contributed by atoms with van der Waals surface area (Å²) in [6.07, 6.45) is -1.21. The second-order valence-corrected chi connectivity index (χ2v) is 5.88. The molecule has 4 rings (SSSR count). The number of fused-ring (bicyclic) bond motifs is 1. The summed E-state index contributed by atoms with van der Waals surface area (Å²) in [6, 6.07) is 8.39. The third-order valence-electron chi connectivity index (χ3n) is 4.14. The van der Waals surface area contributed by atoms with Gasteiger partial charge in [-0.05, 0) is 31.0 Å². The minimum absolute atomic E-state index is 0.221. The molecule has 0 bridgehead atoms. The van der Waals surface area contributed by atoms with Gasteiger partial charge in [0, 0.05) is 25.4 Å². The number of nitrogens with zero attached hydrogens (tertiary/aromatic N) is 3. The van der Waals surface area contributed by atoms with E-state index in [4.69, 9.17) is 0 Å². The first-order valence-electron chi connectivity index (χ1n) is 7.95. The van der Waals surface area contributed by atoms with Crippen molar-refractivity contribution in [3.05, 3.63) is 36.5 Å². The van der Waals surface area contributed by atoms with E-state index in [1.807, 2.05) is 11.0 Å². The van der Waals surface area contributed by atoms with E-state index in [2.05, 4.69) is 19.7 Å². The molecule has 0 radical (unpaired) electrons. The molecule has 2 aromatic heterocycles. The van der Waals surface area contributed by atoms with Crippen LogP contribution in [0.2, 0.25) is 0 Å². The predicted molar refractivity (Wildman–Crippen MR) is 87.5 cm³/mol. The van der Waals surface area contributed by atoms with Gasteiger partial charge in [-0.2, -0.15) is 0 Å². The molecule has 1 aliphatic rings. The van der Waals surface area contributed by atoms with Crippen molar-refractivity contribution in [1.29, 1.82) is 0 Å². The Morgan fingerprint density at radius 3 is 2.60 bits per heavy atom. The number of benzene rings is 1. The van der Waals surface area contributed by atoms with Crippen LogP contribution in [-0.2, 0) is 0 Å². The Morgan fingerprint density at radius 2 is 1.92 bits per heavy atom. The highest BCUT2D eigenvalue weighted by atomic mass is 19.4. The Balaban J connectivity index is 1.82. The second kappa shape index (κ2) is 5.94. The highest BCUT2D eigenvalue weighted by Crippen LogP contribution is 2.38. The van der Waals surface area contributed by atoms with Gasteiger partial charge in [0.1, 0.15) is 5.69 Å². The van der Waals surface area contributed by atoms with Crippen molar-refractivity contribution >= 4 is 16.7 Å². The topological polar surface area (TPSA) is 54.0 Å². The lowest BCUT2D eigenvalue weighted by Gasteiger charge is -2.21. The summed E-state index contributed by atoms with van der Waals surface area (Å²) in [5.41, 5.74) is 2.11. The third kappa shape index (κ3) is 3.24. The fourth-order valence-corrected chi connectivity index (χ4v) is 3.06. The molecule has 1 aromatic carbocycles. The lowest BCUT2D eigenvalue weighted by atomic mass is 10.2. The first-order chi connectivity index (χ1) is 12.0. The van der Waals surface area contributed by atoms with E-state index in [0.717, 1.165) is 12.8 Å². The minimum Gasteiger partial charge on any atom is -0.403 e. The van der Waals surface area contributed by atoms with Crippen LogP contribution in [0.1, 0.15) is 12.8 Å². The number of pyridine rings is 1. The molecule has 130 valence electrons. The molecular weight excluding hydrogens is 333 g/mol. The number of ether oxygens (including phenoxy) is 1. The van der Waals surface area contributed by atoms with Crippen LogP contribution in [-0.4, -0.2) is 34.4 Å². The van der Waals surface area contributed by atoms with Gasteiger partial charge in [-0.25, -0.2) is 4.98 Å². The number of alkyl halides is 3. The highest BCUT2D eigenvalue weighted by Gasteiger charge is 2.33. The number of aromatic amines is 1. The fourth-order valence-electron chi connectivity index (χ4n) is 3.06. The van der Waals surface area contributed by atoms with Crippen molar-refractivity contribution in [3.8, 4) is 17.3 Å². The molecule has 1 fully saturated rings. The summed E-state index contributed by atoms with van der Waals surface area (Å²) in [7, 11) is 0. The molecule has 3 aromatic rings. The fraction of sp³-hybridized carbons (Fsp3) is 0.294. The summed E-state index contributed by atoms with van der Waals surface area (Å²) in [4.78, 5) is 13.6. The van der Waals surface area contributed by atoms with E-state index in [0.29, 0.717) is 41.3 Å². The van der Waals surface area contributed by atoms with Gasteiger partial charge in [0.05, 0.1) is 16.7 Å². The van der Waals surface area contributed by atoms with E-state index in [9.17, 15) is 13.2 Å². The van der Waals surface area contributed by atoms with Crippen molar-refractivity contribution in [2.45, 2.75) is 19.2 Å². The standard InChI is InChI=1S/C17H15F3N4O/c18-17(19,20)25-15-10-13-12(9-14(15)24-7-3-4-8-24)22-16(23-13)11-5-1-2-6-21-11/h1-2,5-6,9-10H,3-4,7-8H2,(H,22,23). The molecular formula is C17H15F3N4O. The third-order valence-corrected chi connectivity index (χ3v) is 4.14. The number of rotatable bonds is 3. The molecule has 3 heterocycles. The monoisotopic (exact) mass is 348 g/mol. The van der Waals surface area contributed by atoms with Crippen molar-refractivity contribution < 1.29 is 17.9 Å². The molecule has 1 aliphatic heterocycles. The van der Waals surface area contributed by atoms with Gasteiger partial charge in [0.15, 0.2) is 11.6 Å². The van der Waals surface area contributed by atoms with E-state index in [1.54, 1.807) is 24.4 Å². The van der Waals surface area contributed by atoms with Gasteiger partial charge < -0.3 is 14.6 Å². The zero-order valence-electron chi connectivity index (χ0n) is 13.2. The molecule has 0 unspecified atom stereocenters. The zero-order valence-corrected chi connectivity index (χ0v) is 13.2. The highest BCUT2D eigenvalue weighted by molar-refractivity contribution is 5.86. The Hall–Kier alpha value is -2.77. The predicted octanol–water partition coefficient (Wildman–Crippen LogP) is 4.12. The SMILES string of the molecule is FC(F)(F)Oc1cc2nc(-c3ccccn3)[nH]c2cc1N1CCCC1. The average molecular weight is 348 g/mol. The number of imidazole rings is 1. The van der Waals surface area contributed by atoms with E-state index < -0.39 is 6.36 Å². The minimum atomic E-state index is -4.75. The van der Waals surface area contributed by atoms with Crippen LogP contribution >= 0.6 is 0 Å². The molecule has 1 saturated heterocycles. The summed E-state index contributed by atoms with van der Waals surface area (Å²) < 4.78 is 42.7. The van der Waals surface area contributed by atoms with Gasteiger partial charge in [-0.15, -0.1) is 13.2 Å². The molecule has 0 atom stereocenters. The van der Waals surface area contributed by atoms with Crippen LogP contribution < -0.4 is 9.64 Å². The van der Waals surface area contributed by atoms with Crippen molar-refractivity contribution in [2.75, 3.05) is 18.0 Å². The first kappa shape index (κ1) is 15.7. The number of nitrogens with one attached hydrogen (secondary N) is 1. The first-order valence-corrected chi connectivity index (χ1v) is 7.95. The molecule has 0 saturated carbocycles. The van der Waals surface area contributed by atoms with E-state index in [1.165, 1.54) is 6.07 Å². The van der Waals surface area contributed by atoms with E-state index >= 15 is 0 Å². The Kier molecular flexibility index (Phi) is 3.74. The molecule has 8 heteroatoms. The van der Waals surface area contributed by atoms with Gasteiger partial charge in [-0.1, -0.05) is 6.07 Å². The molecule has 0 aliphatic carbocycles. The number of anilines is 1. The Morgan fingerprint density at radius 1 is 1.12 bits per heavy atom. The number of hydrogen-bond donors (Lipinski definition) is 1. The Labute approximate surface area is 141 Å². The number of aromatic nitrogens is 3. The lowest BCUT2D eigenvalue weighted by Crippen LogP contribution is -2.22. The van der Waals surface area contributed by atoms with Crippen molar-refractivity contribution in [3.63, 3.8) is 0 Å². The van der Waals surface area contributed by atoms with Crippen LogP contribution in [0.25, 0.3) is 22.6 Å². The molecule has 5 nitrogen and oxygen atoms in total. The zero-order chi connectivity index (χ0) is 17.4. The van der Waals surface area contributed by atoms with Crippen LogP contribution in [0.3, 0.4) is 0 Å². The summed E-state index contributed by atoms with van der Waals surface area (Å²) >= 11 is 0. The molecule has 1 N–H and O–H groups in total. The van der Waals surface area contributed by atoms with Crippen molar-refractivity contribution in [2.24, 2.45) is 0 Å². The largest absolute Gasteiger partial charge is 0.573 e. The quantitative estimate of drug-likeness (QED) is 0.773. The maximum atomic E-state index is 12.8.